The van der Waals surface area contributed by atoms with Crippen molar-refractivity contribution in [1.82, 2.24) is 20.7 Å². The van der Waals surface area contributed by atoms with Gasteiger partial charge in [-0.25, -0.2) is 5.10 Å². The zero-order valence-corrected chi connectivity index (χ0v) is 9.29. The molecule has 0 aliphatic carbocycles. The Morgan fingerprint density at radius 3 is 2.67 bits per heavy atom. The molecule has 7 nitrogen and oxygen atoms in total. The number of carbonyl (C=O) groups excluding carboxylic acids is 1. The lowest BCUT2D eigenvalue weighted by molar-refractivity contribution is -0.128. The largest absolute Gasteiger partial charge is 0.378 e. The molecule has 1 amide bonds. The third kappa shape index (κ3) is 3.14. The molecule has 7 heteroatoms. The first-order valence-corrected chi connectivity index (χ1v) is 5.15. The first-order chi connectivity index (χ1) is 8.75. The highest BCUT2D eigenvalue weighted by Crippen LogP contribution is 2.17. The number of aromatic amines is 1. The summed E-state index contributed by atoms with van der Waals surface area (Å²) in [5, 5.41) is 5.67. The van der Waals surface area contributed by atoms with Crippen LogP contribution in [0.5, 0.6) is 5.75 Å². The Morgan fingerprint density at radius 1 is 1.17 bits per heavy atom. The minimum Gasteiger partial charge on any atom is -0.378 e. The fourth-order valence-corrected chi connectivity index (χ4v) is 1.26. The van der Waals surface area contributed by atoms with Gasteiger partial charge in [-0.05, 0) is 18.2 Å². The Balaban J connectivity index is 0.000000149. The van der Waals surface area contributed by atoms with Gasteiger partial charge in [0.15, 0.2) is 5.75 Å². The van der Waals surface area contributed by atoms with Crippen LogP contribution in [-0.2, 0) is 11.2 Å². The van der Waals surface area contributed by atoms with Gasteiger partial charge >= 0.3 is 0 Å². The van der Waals surface area contributed by atoms with Crippen molar-refractivity contribution in [1.29, 1.82) is 0 Å². The van der Waals surface area contributed by atoms with Gasteiger partial charge in [0.2, 0.25) is 0 Å². The van der Waals surface area contributed by atoms with Crippen LogP contribution < -0.4 is 15.9 Å². The number of pyridine rings is 1. The normalized spacial score (nSPS) is 12.3. The van der Waals surface area contributed by atoms with Gasteiger partial charge in [-0.3, -0.25) is 14.6 Å². The Hall–Kier alpha value is -2.70. The molecular weight excluding hydrogens is 236 g/mol. The van der Waals surface area contributed by atoms with Crippen molar-refractivity contribution in [3.8, 4) is 5.75 Å². The fraction of sp³-hybridized carbons (Fsp3) is 0.0909. The van der Waals surface area contributed by atoms with E-state index in [0.717, 1.165) is 0 Å². The van der Waals surface area contributed by atoms with Gasteiger partial charge in [0.05, 0.1) is 12.1 Å². The summed E-state index contributed by atoms with van der Waals surface area (Å²) in [5.41, 5.74) is 2.79. The molecule has 0 saturated heterocycles. The second-order valence-electron chi connectivity index (χ2n) is 3.37. The summed E-state index contributed by atoms with van der Waals surface area (Å²) in [6, 6.07) is 6.52. The number of aromatic nitrogens is 3. The molecule has 18 heavy (non-hydrogen) atoms. The molecule has 0 atom stereocenters. The maximum atomic E-state index is 10.7. The number of rotatable bonds is 0. The first kappa shape index (κ1) is 11.8. The zero-order chi connectivity index (χ0) is 12.8. The van der Waals surface area contributed by atoms with Gasteiger partial charge in [0.1, 0.15) is 0 Å². The number of H-pyrrole nitrogens is 1. The fourth-order valence-electron chi connectivity index (χ4n) is 1.26. The molecule has 2 aromatic heterocycles. The summed E-state index contributed by atoms with van der Waals surface area (Å²) >= 11 is 0. The van der Waals surface area contributed by atoms with E-state index in [1.54, 1.807) is 24.4 Å². The van der Waals surface area contributed by atoms with Crippen LogP contribution in [0.3, 0.4) is 0 Å². The van der Waals surface area contributed by atoms with Crippen LogP contribution >= 0.6 is 0 Å². The molecule has 0 fully saturated rings. The number of hydrogen-bond acceptors (Lipinski definition) is 5. The highest BCUT2D eigenvalue weighted by Gasteiger charge is 2.16. The Bertz CT molecular complexity index is 579. The predicted molar refractivity (Wildman–Crippen MR) is 61.6 cm³/mol. The highest BCUT2D eigenvalue weighted by atomic mass is 16.7. The number of hydroxylamine groups is 1. The van der Waals surface area contributed by atoms with Gasteiger partial charge in [-0.15, -0.1) is 0 Å². The standard InChI is InChI=1S/C7H6N2O2.C4H4N2O/c10-7-4-5-6(11-9-7)2-1-3-8-5;7-4-2-1-3-5-6-4/h1-3H,4H2,(H,9,10);1-3H,(H,6,7). The number of carbonyl (C=O) groups is 1. The lowest BCUT2D eigenvalue weighted by Crippen LogP contribution is -2.33. The van der Waals surface area contributed by atoms with Crippen LogP contribution in [0.25, 0.3) is 0 Å². The number of amides is 1. The molecule has 1 aliphatic heterocycles. The molecule has 92 valence electrons. The van der Waals surface area contributed by atoms with Crippen LogP contribution in [0, 0.1) is 0 Å². The molecule has 0 saturated carbocycles. The number of nitrogens with one attached hydrogen (secondary N) is 2. The molecule has 0 aromatic carbocycles. The molecule has 0 spiro atoms. The number of hydrogen-bond donors (Lipinski definition) is 2. The predicted octanol–water partition coefficient (Wildman–Crippen LogP) is -0.182. The van der Waals surface area contributed by atoms with Gasteiger partial charge in [-0.1, -0.05) is 0 Å². The van der Waals surface area contributed by atoms with Crippen LogP contribution in [0.4, 0.5) is 0 Å². The molecule has 2 aromatic rings. The van der Waals surface area contributed by atoms with Crippen LogP contribution in [0.1, 0.15) is 5.69 Å². The van der Waals surface area contributed by atoms with E-state index in [2.05, 4.69) is 20.7 Å². The topological polar surface area (TPSA) is 97.0 Å². The van der Waals surface area contributed by atoms with E-state index in [1.807, 2.05) is 0 Å². The second-order valence-corrected chi connectivity index (χ2v) is 3.37. The molecule has 3 rings (SSSR count). The van der Waals surface area contributed by atoms with Gasteiger partial charge in [0.25, 0.3) is 11.5 Å². The zero-order valence-electron chi connectivity index (χ0n) is 9.29. The second kappa shape index (κ2) is 5.58. The van der Waals surface area contributed by atoms with Crippen molar-refractivity contribution in [3.63, 3.8) is 0 Å². The molecule has 2 N–H and O–H groups in total. The minimum absolute atomic E-state index is 0.156. The Kier molecular flexibility index (Phi) is 3.65. The van der Waals surface area contributed by atoms with Gasteiger partial charge < -0.3 is 4.84 Å². The van der Waals surface area contributed by atoms with Gasteiger partial charge in [-0.2, -0.15) is 10.6 Å². The summed E-state index contributed by atoms with van der Waals surface area (Å²) < 4.78 is 0. The quantitative estimate of drug-likeness (QED) is 0.672. The van der Waals surface area contributed by atoms with Crippen molar-refractivity contribution in [2.24, 2.45) is 0 Å². The van der Waals surface area contributed by atoms with Gasteiger partial charge in [0, 0.05) is 18.5 Å². The van der Waals surface area contributed by atoms with Crippen molar-refractivity contribution < 1.29 is 9.63 Å². The summed E-state index contributed by atoms with van der Waals surface area (Å²) in [6.07, 6.45) is 3.46. The van der Waals surface area contributed by atoms with E-state index in [9.17, 15) is 9.59 Å². The third-order valence-corrected chi connectivity index (χ3v) is 2.03. The summed E-state index contributed by atoms with van der Waals surface area (Å²) in [6.45, 7) is 0. The Morgan fingerprint density at radius 2 is 2.00 bits per heavy atom. The van der Waals surface area contributed by atoms with E-state index < -0.39 is 0 Å². The smallest absolute Gasteiger partial charge is 0.264 e. The van der Waals surface area contributed by atoms with E-state index >= 15 is 0 Å². The Labute approximate surface area is 102 Å². The minimum atomic E-state index is -0.164. The SMILES string of the molecule is O=C1Cc2ncccc2ON1.O=c1cccn[nH]1. The average molecular weight is 246 g/mol. The molecule has 3 heterocycles. The van der Waals surface area contributed by atoms with E-state index in [1.165, 1.54) is 12.3 Å². The van der Waals surface area contributed by atoms with Crippen LogP contribution in [-0.4, -0.2) is 21.1 Å². The van der Waals surface area contributed by atoms with Crippen molar-refractivity contribution >= 4 is 5.91 Å². The highest BCUT2D eigenvalue weighted by molar-refractivity contribution is 5.79. The molecular formula is C11H10N4O3. The first-order valence-electron chi connectivity index (χ1n) is 5.15. The third-order valence-electron chi connectivity index (χ3n) is 2.03. The van der Waals surface area contributed by atoms with Crippen LogP contribution in [0.15, 0.2) is 41.5 Å². The maximum Gasteiger partial charge on any atom is 0.264 e. The molecule has 1 aliphatic rings. The molecule has 0 bridgehead atoms. The van der Waals surface area contributed by atoms with Crippen LogP contribution in [0.2, 0.25) is 0 Å². The summed E-state index contributed by atoms with van der Waals surface area (Å²) in [5.74, 6) is 0.475. The molecule has 0 radical (unpaired) electrons. The van der Waals surface area contributed by atoms with Crippen molar-refractivity contribution in [3.05, 3.63) is 52.7 Å². The lowest BCUT2D eigenvalue weighted by Gasteiger charge is -2.14. The monoisotopic (exact) mass is 246 g/mol. The van der Waals surface area contributed by atoms with Crippen molar-refractivity contribution in [2.45, 2.75) is 6.42 Å². The molecule has 0 unspecified atom stereocenters. The van der Waals surface area contributed by atoms with E-state index in [-0.39, 0.29) is 11.5 Å². The summed E-state index contributed by atoms with van der Waals surface area (Å²) in [4.78, 5) is 29.8. The van der Waals surface area contributed by atoms with E-state index in [0.29, 0.717) is 17.9 Å². The maximum absolute atomic E-state index is 10.7. The number of nitrogens with zero attached hydrogens (tertiary/aromatic N) is 2. The lowest BCUT2D eigenvalue weighted by atomic mass is 10.2. The van der Waals surface area contributed by atoms with Crippen molar-refractivity contribution in [2.75, 3.05) is 0 Å². The number of fused-ring (bicyclic) bond motifs is 1. The van der Waals surface area contributed by atoms with E-state index in [4.69, 9.17) is 4.84 Å². The average Bonchev–Trinajstić information content (AvgIpc) is 2.40. The summed E-state index contributed by atoms with van der Waals surface area (Å²) in [7, 11) is 0.